The van der Waals surface area contributed by atoms with E-state index in [1.807, 2.05) is 0 Å². The molecule has 0 heterocycles. The highest BCUT2D eigenvalue weighted by molar-refractivity contribution is 5.79. The molecule has 0 saturated heterocycles. The van der Waals surface area contributed by atoms with Gasteiger partial charge in [-0.2, -0.15) is 0 Å². The smallest absolute Gasteiger partial charge is 0.328 e. The minimum Gasteiger partial charge on any atom is -0.478 e. The average molecular weight is 186 g/mol. The third kappa shape index (κ3) is 8.55. The molecule has 0 saturated carbocycles. The van der Waals surface area contributed by atoms with Gasteiger partial charge in [0.2, 0.25) is 5.91 Å². The fourth-order valence-electron chi connectivity index (χ4n) is 0.672. The van der Waals surface area contributed by atoms with Crippen molar-refractivity contribution < 1.29 is 14.7 Å². The van der Waals surface area contributed by atoms with Crippen molar-refractivity contribution in [2.75, 3.05) is 20.1 Å². The van der Waals surface area contributed by atoms with Crippen molar-refractivity contribution in [1.82, 2.24) is 10.6 Å². The highest BCUT2D eigenvalue weighted by Gasteiger charge is 1.94. The predicted octanol–water partition coefficient (Wildman–Crippen LogP) is -0.647. The van der Waals surface area contributed by atoms with Crippen molar-refractivity contribution in [1.29, 1.82) is 0 Å². The number of hydrogen-bond acceptors (Lipinski definition) is 3. The number of nitrogens with one attached hydrogen (secondary N) is 2. The summed E-state index contributed by atoms with van der Waals surface area (Å²) < 4.78 is 0. The Morgan fingerprint density at radius 1 is 1.46 bits per heavy atom. The molecule has 0 unspecified atom stereocenters. The largest absolute Gasteiger partial charge is 0.478 e. The van der Waals surface area contributed by atoms with Gasteiger partial charge in [-0.1, -0.05) is 6.08 Å². The fourth-order valence-corrected chi connectivity index (χ4v) is 0.672. The molecule has 0 bridgehead atoms. The molecule has 0 atom stereocenters. The van der Waals surface area contributed by atoms with Crippen molar-refractivity contribution in [3.8, 4) is 0 Å². The van der Waals surface area contributed by atoms with Crippen LogP contribution < -0.4 is 10.6 Å². The first kappa shape index (κ1) is 11.6. The standard InChI is InChI=1S/C8H14N2O3/c1-9-7(11)4-6-10-5-2-3-8(12)13/h2-3,10H,4-6H2,1H3,(H,9,11)(H,12,13)/b3-2+. The molecular formula is C8H14N2O3. The van der Waals surface area contributed by atoms with E-state index in [-0.39, 0.29) is 5.91 Å². The molecule has 5 nitrogen and oxygen atoms in total. The van der Waals surface area contributed by atoms with E-state index < -0.39 is 5.97 Å². The lowest BCUT2D eigenvalue weighted by molar-refractivity contribution is -0.131. The number of carboxylic acid groups (broad SMARTS) is 1. The summed E-state index contributed by atoms with van der Waals surface area (Å²) >= 11 is 0. The van der Waals surface area contributed by atoms with Crippen LogP contribution in [0.1, 0.15) is 6.42 Å². The topological polar surface area (TPSA) is 78.4 Å². The highest BCUT2D eigenvalue weighted by atomic mass is 16.4. The molecule has 1 amide bonds. The number of carbonyl (C=O) groups excluding carboxylic acids is 1. The molecule has 0 aliphatic heterocycles. The lowest BCUT2D eigenvalue weighted by atomic mass is 10.4. The van der Waals surface area contributed by atoms with Crippen LogP contribution >= 0.6 is 0 Å². The average Bonchev–Trinajstić information content (AvgIpc) is 2.10. The molecule has 0 aromatic carbocycles. The maximum Gasteiger partial charge on any atom is 0.328 e. The van der Waals surface area contributed by atoms with Gasteiger partial charge in [-0.3, -0.25) is 4.79 Å². The summed E-state index contributed by atoms with van der Waals surface area (Å²) in [5.41, 5.74) is 0. The van der Waals surface area contributed by atoms with Gasteiger partial charge in [0, 0.05) is 32.6 Å². The van der Waals surface area contributed by atoms with E-state index >= 15 is 0 Å². The molecule has 13 heavy (non-hydrogen) atoms. The Hall–Kier alpha value is -1.36. The van der Waals surface area contributed by atoms with E-state index in [0.717, 1.165) is 6.08 Å². The molecule has 3 N–H and O–H groups in total. The van der Waals surface area contributed by atoms with Crippen molar-refractivity contribution in [2.45, 2.75) is 6.42 Å². The number of aliphatic carboxylic acids is 1. The van der Waals surface area contributed by atoms with Crippen LogP contribution in [0.3, 0.4) is 0 Å². The molecule has 0 spiro atoms. The van der Waals surface area contributed by atoms with Crippen LogP contribution in [-0.2, 0) is 9.59 Å². The van der Waals surface area contributed by atoms with Gasteiger partial charge in [0.1, 0.15) is 0 Å². The van der Waals surface area contributed by atoms with E-state index in [0.29, 0.717) is 19.5 Å². The van der Waals surface area contributed by atoms with Crippen molar-refractivity contribution >= 4 is 11.9 Å². The minimum atomic E-state index is -0.965. The molecule has 0 aliphatic rings. The molecular weight excluding hydrogens is 172 g/mol. The third-order valence-corrected chi connectivity index (χ3v) is 1.33. The molecule has 0 aromatic rings. The molecule has 5 heteroatoms. The number of hydrogen-bond donors (Lipinski definition) is 3. The summed E-state index contributed by atoms with van der Waals surface area (Å²) in [5.74, 6) is -0.997. The maximum atomic E-state index is 10.7. The van der Waals surface area contributed by atoms with Crippen LogP contribution in [-0.4, -0.2) is 37.1 Å². The highest BCUT2D eigenvalue weighted by Crippen LogP contribution is 1.76. The van der Waals surface area contributed by atoms with Gasteiger partial charge in [0.15, 0.2) is 0 Å². The summed E-state index contributed by atoms with van der Waals surface area (Å²) in [7, 11) is 1.58. The second kappa shape index (κ2) is 7.30. The normalized spacial score (nSPS) is 10.2. The first-order valence-corrected chi connectivity index (χ1v) is 3.97. The van der Waals surface area contributed by atoms with Crippen LogP contribution in [0.5, 0.6) is 0 Å². The summed E-state index contributed by atoms with van der Waals surface area (Å²) in [4.78, 5) is 20.7. The fraction of sp³-hybridized carbons (Fsp3) is 0.500. The Morgan fingerprint density at radius 3 is 2.69 bits per heavy atom. The molecule has 74 valence electrons. The zero-order chi connectivity index (χ0) is 10.1. The van der Waals surface area contributed by atoms with Gasteiger partial charge < -0.3 is 15.7 Å². The molecule has 0 aliphatic carbocycles. The second-order valence-electron chi connectivity index (χ2n) is 2.37. The second-order valence-corrected chi connectivity index (χ2v) is 2.37. The molecule has 0 fully saturated rings. The summed E-state index contributed by atoms with van der Waals surface area (Å²) in [6.45, 7) is 1.01. The Morgan fingerprint density at radius 2 is 2.15 bits per heavy atom. The van der Waals surface area contributed by atoms with Crippen molar-refractivity contribution in [3.05, 3.63) is 12.2 Å². The first-order valence-electron chi connectivity index (χ1n) is 3.97. The lowest BCUT2D eigenvalue weighted by Gasteiger charge is -1.99. The quantitative estimate of drug-likeness (QED) is 0.380. The first-order chi connectivity index (χ1) is 6.16. The van der Waals surface area contributed by atoms with Gasteiger partial charge in [-0.15, -0.1) is 0 Å². The SMILES string of the molecule is CNC(=O)CCNC/C=C/C(=O)O. The number of carboxylic acids is 1. The summed E-state index contributed by atoms with van der Waals surface area (Å²) in [6, 6.07) is 0. The predicted molar refractivity (Wildman–Crippen MR) is 48.3 cm³/mol. The Kier molecular flexibility index (Phi) is 6.53. The Labute approximate surface area is 76.8 Å². The van der Waals surface area contributed by atoms with Crippen molar-refractivity contribution in [3.63, 3.8) is 0 Å². The molecule has 0 aromatic heterocycles. The van der Waals surface area contributed by atoms with Crippen LogP contribution in [0.15, 0.2) is 12.2 Å². The zero-order valence-electron chi connectivity index (χ0n) is 7.54. The van der Waals surface area contributed by atoms with Gasteiger partial charge in [0.05, 0.1) is 0 Å². The Balaban J connectivity index is 3.26. The van der Waals surface area contributed by atoms with Crippen LogP contribution in [0.4, 0.5) is 0 Å². The minimum absolute atomic E-state index is 0.0327. The van der Waals surface area contributed by atoms with Gasteiger partial charge in [-0.25, -0.2) is 4.79 Å². The van der Waals surface area contributed by atoms with Crippen LogP contribution in [0.2, 0.25) is 0 Å². The Bertz CT molecular complexity index is 202. The molecule has 0 radical (unpaired) electrons. The van der Waals surface area contributed by atoms with E-state index in [2.05, 4.69) is 10.6 Å². The van der Waals surface area contributed by atoms with Crippen LogP contribution in [0, 0.1) is 0 Å². The summed E-state index contributed by atoms with van der Waals surface area (Å²) in [5, 5.41) is 13.6. The lowest BCUT2D eigenvalue weighted by Crippen LogP contribution is -2.24. The molecule has 0 rings (SSSR count). The summed E-state index contributed by atoms with van der Waals surface area (Å²) in [6.07, 6.45) is 2.95. The number of rotatable bonds is 6. The van der Waals surface area contributed by atoms with E-state index in [4.69, 9.17) is 5.11 Å². The van der Waals surface area contributed by atoms with Crippen LogP contribution in [0.25, 0.3) is 0 Å². The van der Waals surface area contributed by atoms with E-state index in [1.165, 1.54) is 6.08 Å². The van der Waals surface area contributed by atoms with Gasteiger partial charge in [-0.05, 0) is 0 Å². The van der Waals surface area contributed by atoms with E-state index in [1.54, 1.807) is 7.05 Å². The van der Waals surface area contributed by atoms with E-state index in [9.17, 15) is 9.59 Å². The van der Waals surface area contributed by atoms with Crippen molar-refractivity contribution in [2.24, 2.45) is 0 Å². The van der Waals surface area contributed by atoms with Gasteiger partial charge in [0.25, 0.3) is 0 Å². The number of amides is 1. The zero-order valence-corrected chi connectivity index (χ0v) is 7.54. The number of carbonyl (C=O) groups is 2. The third-order valence-electron chi connectivity index (χ3n) is 1.33. The monoisotopic (exact) mass is 186 g/mol. The maximum absolute atomic E-state index is 10.7. The van der Waals surface area contributed by atoms with Gasteiger partial charge >= 0.3 is 5.97 Å².